The van der Waals surface area contributed by atoms with Gasteiger partial charge in [0.1, 0.15) is 0 Å². The van der Waals surface area contributed by atoms with Crippen LogP contribution in [0.2, 0.25) is 0 Å². The van der Waals surface area contributed by atoms with E-state index in [1.807, 2.05) is 6.92 Å². The van der Waals surface area contributed by atoms with E-state index in [0.29, 0.717) is 11.5 Å². The van der Waals surface area contributed by atoms with Crippen LogP contribution in [-0.2, 0) is 4.74 Å². The van der Waals surface area contributed by atoms with Gasteiger partial charge in [-0.2, -0.15) is 0 Å². The first-order chi connectivity index (χ1) is 5.71. The predicted molar refractivity (Wildman–Crippen MR) is 51.0 cm³/mol. The monoisotopic (exact) mass is 171 g/mol. The van der Waals surface area contributed by atoms with Crippen LogP contribution in [0.1, 0.15) is 39.5 Å². The molecule has 0 aromatic carbocycles. The van der Waals surface area contributed by atoms with Crippen molar-refractivity contribution in [3.05, 3.63) is 0 Å². The molecule has 0 heterocycles. The Morgan fingerprint density at radius 1 is 1.50 bits per heavy atom. The van der Waals surface area contributed by atoms with E-state index in [4.69, 9.17) is 10.5 Å². The molecule has 0 radical (unpaired) electrons. The van der Waals surface area contributed by atoms with Crippen LogP contribution in [-0.4, -0.2) is 19.3 Å². The number of rotatable bonds is 6. The SMILES string of the molecule is CCOCCCC1(C(C)N)CC1. The van der Waals surface area contributed by atoms with Crippen LogP contribution in [0.5, 0.6) is 0 Å². The first kappa shape index (κ1) is 10.0. The lowest BCUT2D eigenvalue weighted by Gasteiger charge is -2.18. The predicted octanol–water partition coefficient (Wildman–Crippen LogP) is 1.93. The van der Waals surface area contributed by atoms with Gasteiger partial charge >= 0.3 is 0 Å². The second-order valence-corrected chi connectivity index (χ2v) is 3.95. The van der Waals surface area contributed by atoms with Crippen LogP contribution in [0.3, 0.4) is 0 Å². The topological polar surface area (TPSA) is 35.2 Å². The zero-order valence-corrected chi connectivity index (χ0v) is 8.31. The van der Waals surface area contributed by atoms with Crippen molar-refractivity contribution in [3.8, 4) is 0 Å². The van der Waals surface area contributed by atoms with Crippen molar-refractivity contribution in [2.45, 2.75) is 45.6 Å². The number of hydrogen-bond acceptors (Lipinski definition) is 2. The Labute approximate surface area is 75.5 Å². The largest absolute Gasteiger partial charge is 0.382 e. The Balaban J connectivity index is 2.06. The van der Waals surface area contributed by atoms with Crippen LogP contribution >= 0.6 is 0 Å². The summed E-state index contributed by atoms with van der Waals surface area (Å²) in [6.07, 6.45) is 5.09. The highest BCUT2D eigenvalue weighted by Gasteiger charge is 2.44. The smallest absolute Gasteiger partial charge is 0.0466 e. The minimum atomic E-state index is 0.374. The Kier molecular flexibility index (Phi) is 3.53. The first-order valence-electron chi connectivity index (χ1n) is 5.04. The third-order valence-corrected chi connectivity index (χ3v) is 3.03. The Morgan fingerprint density at radius 3 is 2.58 bits per heavy atom. The lowest BCUT2D eigenvalue weighted by molar-refractivity contribution is 0.136. The van der Waals surface area contributed by atoms with Gasteiger partial charge in [-0.15, -0.1) is 0 Å². The fourth-order valence-corrected chi connectivity index (χ4v) is 1.76. The zero-order chi connectivity index (χ0) is 9.03. The van der Waals surface area contributed by atoms with E-state index in [-0.39, 0.29) is 0 Å². The molecule has 2 nitrogen and oxygen atoms in total. The summed E-state index contributed by atoms with van der Waals surface area (Å²) in [5, 5.41) is 0. The molecule has 1 unspecified atom stereocenters. The van der Waals surface area contributed by atoms with Crippen LogP contribution in [0, 0.1) is 5.41 Å². The Morgan fingerprint density at radius 2 is 2.17 bits per heavy atom. The first-order valence-corrected chi connectivity index (χ1v) is 5.04. The van der Waals surface area contributed by atoms with E-state index in [1.165, 1.54) is 25.7 Å². The van der Waals surface area contributed by atoms with Gasteiger partial charge in [-0.1, -0.05) is 0 Å². The minimum absolute atomic E-state index is 0.374. The van der Waals surface area contributed by atoms with Gasteiger partial charge in [0.25, 0.3) is 0 Å². The summed E-state index contributed by atoms with van der Waals surface area (Å²) in [6, 6.07) is 0.374. The van der Waals surface area contributed by atoms with Gasteiger partial charge in [0.15, 0.2) is 0 Å². The Bertz CT molecular complexity index is 130. The minimum Gasteiger partial charge on any atom is -0.382 e. The van der Waals surface area contributed by atoms with Gasteiger partial charge in [-0.05, 0) is 44.9 Å². The lowest BCUT2D eigenvalue weighted by Crippen LogP contribution is -2.28. The van der Waals surface area contributed by atoms with Crippen molar-refractivity contribution in [3.63, 3.8) is 0 Å². The summed E-state index contributed by atoms with van der Waals surface area (Å²) in [4.78, 5) is 0. The summed E-state index contributed by atoms with van der Waals surface area (Å²) in [7, 11) is 0. The van der Waals surface area contributed by atoms with Crippen molar-refractivity contribution >= 4 is 0 Å². The molecule has 0 spiro atoms. The molecule has 12 heavy (non-hydrogen) atoms. The molecule has 2 heteroatoms. The molecule has 0 aromatic heterocycles. The van der Waals surface area contributed by atoms with Crippen molar-refractivity contribution < 1.29 is 4.74 Å². The number of hydrogen-bond donors (Lipinski definition) is 1. The molecule has 0 amide bonds. The van der Waals surface area contributed by atoms with E-state index in [1.54, 1.807) is 0 Å². The van der Waals surface area contributed by atoms with Crippen molar-refractivity contribution in [1.29, 1.82) is 0 Å². The van der Waals surface area contributed by atoms with E-state index in [0.717, 1.165) is 13.2 Å². The van der Waals surface area contributed by atoms with Gasteiger partial charge in [0.2, 0.25) is 0 Å². The van der Waals surface area contributed by atoms with Crippen LogP contribution in [0.4, 0.5) is 0 Å². The van der Waals surface area contributed by atoms with Crippen molar-refractivity contribution in [2.75, 3.05) is 13.2 Å². The standard InChI is InChI=1S/C10H21NO/c1-3-12-8-4-5-10(6-7-10)9(2)11/h9H,3-8,11H2,1-2H3. The van der Waals surface area contributed by atoms with E-state index < -0.39 is 0 Å². The normalized spacial score (nSPS) is 22.2. The molecule has 1 rings (SSSR count). The zero-order valence-electron chi connectivity index (χ0n) is 8.31. The number of nitrogens with two attached hydrogens (primary N) is 1. The molecule has 1 saturated carbocycles. The van der Waals surface area contributed by atoms with E-state index >= 15 is 0 Å². The molecule has 1 atom stereocenters. The van der Waals surface area contributed by atoms with Crippen molar-refractivity contribution in [2.24, 2.45) is 11.1 Å². The molecule has 0 saturated heterocycles. The summed E-state index contributed by atoms with van der Waals surface area (Å²) in [6.45, 7) is 5.92. The molecule has 1 aliphatic carbocycles. The molecule has 0 aliphatic heterocycles. The molecule has 72 valence electrons. The fraction of sp³-hybridized carbons (Fsp3) is 1.00. The maximum Gasteiger partial charge on any atom is 0.0466 e. The van der Waals surface area contributed by atoms with Crippen LogP contribution in [0.15, 0.2) is 0 Å². The highest BCUT2D eigenvalue weighted by atomic mass is 16.5. The molecule has 1 fully saturated rings. The van der Waals surface area contributed by atoms with E-state index in [2.05, 4.69) is 6.92 Å². The fourth-order valence-electron chi connectivity index (χ4n) is 1.76. The summed E-state index contributed by atoms with van der Waals surface area (Å²) in [5.74, 6) is 0. The average Bonchev–Trinajstić information content (AvgIpc) is 2.79. The van der Waals surface area contributed by atoms with Gasteiger partial charge in [0, 0.05) is 19.3 Å². The van der Waals surface area contributed by atoms with E-state index in [9.17, 15) is 0 Å². The molecule has 0 aromatic rings. The molecule has 0 bridgehead atoms. The van der Waals surface area contributed by atoms with Crippen molar-refractivity contribution in [1.82, 2.24) is 0 Å². The summed E-state index contributed by atoms with van der Waals surface area (Å²) >= 11 is 0. The highest BCUT2D eigenvalue weighted by Crippen LogP contribution is 2.51. The average molecular weight is 171 g/mol. The molecule has 2 N–H and O–H groups in total. The second kappa shape index (κ2) is 4.24. The molecule has 1 aliphatic rings. The summed E-state index contributed by atoms with van der Waals surface area (Å²) in [5.41, 5.74) is 6.40. The van der Waals surface area contributed by atoms with Gasteiger partial charge < -0.3 is 10.5 Å². The molecular formula is C10H21NO. The quantitative estimate of drug-likeness (QED) is 0.620. The van der Waals surface area contributed by atoms with Crippen LogP contribution in [0.25, 0.3) is 0 Å². The number of ether oxygens (including phenoxy) is 1. The third kappa shape index (κ3) is 2.46. The highest BCUT2D eigenvalue weighted by molar-refractivity contribution is 4.98. The van der Waals surface area contributed by atoms with Gasteiger partial charge in [0.05, 0.1) is 0 Å². The summed E-state index contributed by atoms with van der Waals surface area (Å²) < 4.78 is 5.30. The second-order valence-electron chi connectivity index (χ2n) is 3.95. The van der Waals surface area contributed by atoms with Gasteiger partial charge in [-0.25, -0.2) is 0 Å². The maximum absolute atomic E-state index is 5.91. The maximum atomic E-state index is 5.91. The van der Waals surface area contributed by atoms with Crippen LogP contribution < -0.4 is 5.73 Å². The molecular weight excluding hydrogens is 150 g/mol. The van der Waals surface area contributed by atoms with Gasteiger partial charge in [-0.3, -0.25) is 0 Å². The Hall–Kier alpha value is -0.0800. The third-order valence-electron chi connectivity index (χ3n) is 3.03. The lowest BCUT2D eigenvalue weighted by atomic mass is 9.93.